The molecule has 0 radical (unpaired) electrons. The summed E-state index contributed by atoms with van der Waals surface area (Å²) in [6.45, 7) is 2.32. The topological polar surface area (TPSA) is 66.0 Å². The van der Waals surface area contributed by atoms with E-state index >= 15 is 0 Å². The van der Waals surface area contributed by atoms with Crippen molar-refractivity contribution in [2.75, 3.05) is 6.54 Å². The fourth-order valence-electron chi connectivity index (χ4n) is 1.05. The Morgan fingerprint density at radius 2 is 2.50 bits per heavy atom. The second-order valence-corrected chi connectivity index (χ2v) is 2.95. The van der Waals surface area contributed by atoms with Crippen molar-refractivity contribution >= 4 is 5.91 Å². The van der Waals surface area contributed by atoms with Gasteiger partial charge in [-0.05, 0) is 19.4 Å². The van der Waals surface area contributed by atoms with Crippen LogP contribution >= 0.6 is 0 Å². The van der Waals surface area contributed by atoms with Crippen LogP contribution in [-0.4, -0.2) is 12.5 Å². The second-order valence-electron chi connectivity index (χ2n) is 2.95. The molecule has 0 unspecified atom stereocenters. The Morgan fingerprint density at radius 3 is 3.07 bits per heavy atom. The largest absolute Gasteiger partial charge is 0.459 e. The van der Waals surface area contributed by atoms with Gasteiger partial charge < -0.3 is 9.73 Å². The van der Waals surface area contributed by atoms with Gasteiger partial charge in [-0.15, -0.1) is 0 Å². The fourth-order valence-corrected chi connectivity index (χ4v) is 1.05. The van der Waals surface area contributed by atoms with Gasteiger partial charge in [0, 0.05) is 18.5 Å². The van der Waals surface area contributed by atoms with Gasteiger partial charge in [-0.3, -0.25) is 4.79 Å². The Hall–Kier alpha value is -1.76. The van der Waals surface area contributed by atoms with Gasteiger partial charge >= 0.3 is 0 Å². The van der Waals surface area contributed by atoms with Crippen LogP contribution in [-0.2, 0) is 0 Å². The SMILES string of the molecule is Cc1ccoc1C(=O)NCCCC#N. The summed E-state index contributed by atoms with van der Waals surface area (Å²) in [6.07, 6.45) is 2.61. The van der Waals surface area contributed by atoms with Crippen molar-refractivity contribution in [3.63, 3.8) is 0 Å². The van der Waals surface area contributed by atoms with Crippen molar-refractivity contribution in [3.05, 3.63) is 23.7 Å². The number of hydrogen-bond acceptors (Lipinski definition) is 3. The third-order valence-electron chi connectivity index (χ3n) is 1.82. The summed E-state index contributed by atoms with van der Waals surface area (Å²) < 4.78 is 5.01. The molecule has 14 heavy (non-hydrogen) atoms. The fraction of sp³-hybridized carbons (Fsp3) is 0.400. The molecule has 0 atom stereocenters. The number of unbranched alkanes of at least 4 members (excludes halogenated alkanes) is 1. The molecule has 0 bridgehead atoms. The van der Waals surface area contributed by atoms with Crippen LogP contribution in [0, 0.1) is 18.3 Å². The summed E-state index contributed by atoms with van der Waals surface area (Å²) in [5, 5.41) is 11.0. The van der Waals surface area contributed by atoms with Crippen LogP contribution in [0.25, 0.3) is 0 Å². The summed E-state index contributed by atoms with van der Waals surface area (Å²) in [4.78, 5) is 11.4. The van der Waals surface area contributed by atoms with Crippen molar-refractivity contribution in [3.8, 4) is 6.07 Å². The molecule has 4 heteroatoms. The normalized spacial score (nSPS) is 9.43. The van der Waals surface area contributed by atoms with E-state index in [2.05, 4.69) is 5.32 Å². The van der Waals surface area contributed by atoms with Crippen LogP contribution in [0.1, 0.15) is 29.0 Å². The lowest BCUT2D eigenvalue weighted by Crippen LogP contribution is -2.24. The molecule has 0 aliphatic rings. The molecule has 0 aliphatic carbocycles. The minimum absolute atomic E-state index is 0.217. The molecule has 4 nitrogen and oxygen atoms in total. The van der Waals surface area contributed by atoms with E-state index < -0.39 is 0 Å². The van der Waals surface area contributed by atoms with E-state index in [0.717, 1.165) is 5.56 Å². The first-order chi connectivity index (χ1) is 6.75. The third-order valence-corrected chi connectivity index (χ3v) is 1.82. The summed E-state index contributed by atoms with van der Waals surface area (Å²) in [5.41, 5.74) is 0.822. The highest BCUT2D eigenvalue weighted by atomic mass is 16.3. The molecule has 1 rings (SSSR count). The number of hydrogen-bond donors (Lipinski definition) is 1. The first-order valence-corrected chi connectivity index (χ1v) is 4.45. The Labute approximate surface area is 82.5 Å². The highest BCUT2D eigenvalue weighted by Crippen LogP contribution is 2.07. The maximum absolute atomic E-state index is 11.4. The summed E-state index contributed by atoms with van der Waals surface area (Å²) >= 11 is 0. The number of furan rings is 1. The summed E-state index contributed by atoms with van der Waals surface area (Å²) in [5.74, 6) is 0.132. The molecule has 1 amide bonds. The minimum Gasteiger partial charge on any atom is -0.459 e. The molecule has 1 aromatic heterocycles. The molecule has 1 heterocycles. The number of aryl methyl sites for hydroxylation is 1. The molecule has 0 spiro atoms. The van der Waals surface area contributed by atoms with E-state index in [1.807, 2.05) is 13.0 Å². The van der Waals surface area contributed by atoms with Gasteiger partial charge in [0.2, 0.25) is 0 Å². The van der Waals surface area contributed by atoms with E-state index in [9.17, 15) is 4.79 Å². The Morgan fingerprint density at radius 1 is 1.71 bits per heavy atom. The standard InChI is InChI=1S/C10H12N2O2/c1-8-4-7-14-9(8)10(13)12-6-3-2-5-11/h4,7H,2-3,6H2,1H3,(H,12,13). The quantitative estimate of drug-likeness (QED) is 0.737. The van der Waals surface area contributed by atoms with Gasteiger partial charge in [0.05, 0.1) is 12.3 Å². The average molecular weight is 192 g/mol. The van der Waals surface area contributed by atoms with Crippen LogP contribution in [0.3, 0.4) is 0 Å². The number of nitrogens with zero attached hydrogens (tertiary/aromatic N) is 1. The molecule has 1 N–H and O–H groups in total. The number of carbonyl (C=O) groups excluding carboxylic acids is 1. The Bertz CT molecular complexity index is 349. The maximum atomic E-state index is 11.4. The zero-order chi connectivity index (χ0) is 10.4. The molecule has 1 aromatic rings. The summed E-state index contributed by atoms with van der Waals surface area (Å²) in [6, 6.07) is 3.75. The van der Waals surface area contributed by atoms with Crippen LogP contribution in [0.5, 0.6) is 0 Å². The number of amides is 1. The van der Waals surface area contributed by atoms with Crippen molar-refractivity contribution in [1.82, 2.24) is 5.32 Å². The lowest BCUT2D eigenvalue weighted by molar-refractivity contribution is 0.0925. The van der Waals surface area contributed by atoms with Crippen LogP contribution < -0.4 is 5.32 Å². The van der Waals surface area contributed by atoms with Gasteiger partial charge in [0.25, 0.3) is 5.91 Å². The van der Waals surface area contributed by atoms with E-state index in [-0.39, 0.29) is 5.91 Å². The number of rotatable bonds is 4. The van der Waals surface area contributed by atoms with Crippen molar-refractivity contribution in [2.24, 2.45) is 0 Å². The van der Waals surface area contributed by atoms with Crippen molar-refractivity contribution in [1.29, 1.82) is 5.26 Å². The first-order valence-electron chi connectivity index (χ1n) is 4.45. The molecule has 0 saturated carbocycles. The molecule has 0 fully saturated rings. The highest BCUT2D eigenvalue weighted by molar-refractivity contribution is 5.92. The predicted molar refractivity (Wildman–Crippen MR) is 50.6 cm³/mol. The Balaban J connectivity index is 2.37. The molecule has 0 aromatic carbocycles. The number of carbonyl (C=O) groups is 1. The monoisotopic (exact) mass is 192 g/mol. The van der Waals surface area contributed by atoms with E-state index in [0.29, 0.717) is 25.1 Å². The van der Waals surface area contributed by atoms with E-state index in [4.69, 9.17) is 9.68 Å². The van der Waals surface area contributed by atoms with E-state index in [1.165, 1.54) is 6.26 Å². The minimum atomic E-state index is -0.217. The molecule has 74 valence electrons. The smallest absolute Gasteiger partial charge is 0.287 e. The average Bonchev–Trinajstić information content (AvgIpc) is 2.59. The van der Waals surface area contributed by atoms with Crippen LogP contribution in [0.4, 0.5) is 0 Å². The van der Waals surface area contributed by atoms with Crippen LogP contribution in [0.15, 0.2) is 16.7 Å². The highest BCUT2D eigenvalue weighted by Gasteiger charge is 2.10. The molecular weight excluding hydrogens is 180 g/mol. The van der Waals surface area contributed by atoms with Gasteiger partial charge in [-0.25, -0.2) is 0 Å². The van der Waals surface area contributed by atoms with Gasteiger partial charge in [0.1, 0.15) is 0 Å². The molecule has 0 saturated heterocycles. The van der Waals surface area contributed by atoms with Crippen LogP contribution in [0.2, 0.25) is 0 Å². The maximum Gasteiger partial charge on any atom is 0.287 e. The van der Waals surface area contributed by atoms with Gasteiger partial charge in [-0.1, -0.05) is 0 Å². The predicted octanol–water partition coefficient (Wildman–Crippen LogP) is 1.62. The van der Waals surface area contributed by atoms with Crippen molar-refractivity contribution in [2.45, 2.75) is 19.8 Å². The first kappa shape index (κ1) is 10.3. The van der Waals surface area contributed by atoms with Gasteiger partial charge in [-0.2, -0.15) is 5.26 Å². The van der Waals surface area contributed by atoms with E-state index in [1.54, 1.807) is 6.07 Å². The second kappa shape index (κ2) is 5.07. The number of nitriles is 1. The lowest BCUT2D eigenvalue weighted by atomic mass is 10.2. The van der Waals surface area contributed by atoms with Gasteiger partial charge in [0.15, 0.2) is 5.76 Å². The zero-order valence-electron chi connectivity index (χ0n) is 8.04. The lowest BCUT2D eigenvalue weighted by Gasteiger charge is -2.01. The Kier molecular flexibility index (Phi) is 3.74. The summed E-state index contributed by atoms with van der Waals surface area (Å²) in [7, 11) is 0. The molecule has 0 aliphatic heterocycles. The third kappa shape index (κ3) is 2.63. The zero-order valence-corrected chi connectivity index (χ0v) is 8.04. The van der Waals surface area contributed by atoms with Crippen molar-refractivity contribution < 1.29 is 9.21 Å². The molecular formula is C10H12N2O2. The number of nitrogens with one attached hydrogen (secondary N) is 1.